The highest BCUT2D eigenvalue weighted by atomic mass is 15.3. The van der Waals surface area contributed by atoms with Gasteiger partial charge in [-0.2, -0.15) is 0 Å². The zero-order chi connectivity index (χ0) is 14.9. The lowest BCUT2D eigenvalue weighted by Gasteiger charge is -2.57. The molecule has 1 heteroatoms. The van der Waals surface area contributed by atoms with Gasteiger partial charge in [0.15, 0.2) is 0 Å². The molecule has 0 aromatic rings. The molecule has 5 rings (SSSR count). The molecule has 3 aliphatic carbocycles. The average molecular weight is 302 g/mol. The first-order valence-corrected chi connectivity index (χ1v) is 10.4. The van der Waals surface area contributed by atoms with Crippen molar-refractivity contribution < 1.29 is 0 Å². The Kier molecular flexibility index (Phi) is 3.09. The van der Waals surface area contributed by atoms with Gasteiger partial charge in [0.25, 0.3) is 0 Å². The lowest BCUT2D eigenvalue weighted by atomic mass is 9.58. The Hall–Kier alpha value is -0.0400. The third-order valence-electron chi connectivity index (χ3n) is 9.32. The monoisotopic (exact) mass is 301 g/mol. The van der Waals surface area contributed by atoms with Crippen molar-refractivity contribution in [2.24, 2.45) is 29.1 Å². The van der Waals surface area contributed by atoms with E-state index in [0.29, 0.717) is 11.0 Å². The van der Waals surface area contributed by atoms with Gasteiger partial charge in [-0.15, -0.1) is 0 Å². The molecule has 2 heterocycles. The Balaban J connectivity index is 1.42. The van der Waals surface area contributed by atoms with Crippen molar-refractivity contribution in [1.82, 2.24) is 4.90 Å². The van der Waals surface area contributed by atoms with E-state index in [1.54, 1.807) is 32.1 Å². The van der Waals surface area contributed by atoms with Crippen LogP contribution in [0.25, 0.3) is 0 Å². The van der Waals surface area contributed by atoms with Crippen LogP contribution in [0.4, 0.5) is 0 Å². The van der Waals surface area contributed by atoms with E-state index in [4.69, 9.17) is 0 Å². The Bertz CT molecular complexity index is 453. The fourth-order valence-corrected chi connectivity index (χ4v) is 7.96. The topological polar surface area (TPSA) is 3.24 Å². The number of fused-ring (bicyclic) bond motifs is 6. The van der Waals surface area contributed by atoms with Crippen LogP contribution in [0.1, 0.15) is 84.5 Å². The van der Waals surface area contributed by atoms with E-state index < -0.39 is 0 Å². The predicted molar refractivity (Wildman–Crippen MR) is 91.8 cm³/mol. The predicted octanol–water partition coefficient (Wildman–Crippen LogP) is 5.25. The number of piperidine rings is 2. The van der Waals surface area contributed by atoms with Gasteiger partial charge < -0.3 is 0 Å². The molecule has 22 heavy (non-hydrogen) atoms. The summed E-state index contributed by atoms with van der Waals surface area (Å²) < 4.78 is 0. The number of hydrogen-bond acceptors (Lipinski definition) is 1. The number of hydrogen-bond donors (Lipinski definition) is 0. The maximum atomic E-state index is 3.02. The van der Waals surface area contributed by atoms with E-state index in [9.17, 15) is 0 Å². The molecule has 6 unspecified atom stereocenters. The van der Waals surface area contributed by atoms with Crippen molar-refractivity contribution in [2.75, 3.05) is 6.54 Å². The lowest BCUT2D eigenvalue weighted by Crippen LogP contribution is -2.60. The van der Waals surface area contributed by atoms with Crippen molar-refractivity contribution in [1.29, 1.82) is 0 Å². The highest BCUT2D eigenvalue weighted by Gasteiger charge is 2.73. The molecule has 3 saturated carbocycles. The van der Waals surface area contributed by atoms with E-state index in [0.717, 1.165) is 29.7 Å². The van der Waals surface area contributed by atoms with Crippen LogP contribution < -0.4 is 0 Å². The van der Waals surface area contributed by atoms with Gasteiger partial charge in [0.2, 0.25) is 0 Å². The highest BCUT2D eigenvalue weighted by Crippen LogP contribution is 2.72. The molecule has 0 N–H and O–H groups in total. The molecule has 5 fully saturated rings. The zero-order valence-electron chi connectivity index (χ0n) is 14.8. The van der Waals surface area contributed by atoms with Crippen LogP contribution in [0.15, 0.2) is 0 Å². The highest BCUT2D eigenvalue weighted by molar-refractivity contribution is 5.26. The summed E-state index contributed by atoms with van der Waals surface area (Å²) in [4.78, 5) is 3.02. The molecule has 2 aliphatic heterocycles. The van der Waals surface area contributed by atoms with Crippen LogP contribution in [0, 0.1) is 29.1 Å². The fourth-order valence-electron chi connectivity index (χ4n) is 7.96. The molecule has 5 aliphatic rings. The van der Waals surface area contributed by atoms with Crippen molar-refractivity contribution in [3.63, 3.8) is 0 Å². The minimum absolute atomic E-state index is 0.583. The summed E-state index contributed by atoms with van der Waals surface area (Å²) in [5.41, 5.74) is 1.26. The second-order valence-corrected chi connectivity index (χ2v) is 10.0. The summed E-state index contributed by atoms with van der Waals surface area (Å²) in [6.45, 7) is 6.68. The second-order valence-electron chi connectivity index (χ2n) is 10.0. The van der Waals surface area contributed by atoms with Crippen molar-refractivity contribution in [3.8, 4) is 0 Å². The SMILES string of the molecule is CC12CC1(C)N1CCCCC1C1CC(C3CCCC3)CCC12. The molecule has 0 bridgehead atoms. The van der Waals surface area contributed by atoms with Gasteiger partial charge in [-0.3, -0.25) is 4.90 Å². The van der Waals surface area contributed by atoms with E-state index in [2.05, 4.69) is 18.7 Å². The average Bonchev–Trinajstić information content (AvgIpc) is 2.93. The van der Waals surface area contributed by atoms with Crippen molar-refractivity contribution in [3.05, 3.63) is 0 Å². The molecule has 0 spiro atoms. The summed E-state index contributed by atoms with van der Waals surface area (Å²) in [6, 6.07) is 0.962. The summed E-state index contributed by atoms with van der Waals surface area (Å²) in [7, 11) is 0. The molecule has 124 valence electrons. The van der Waals surface area contributed by atoms with E-state index in [-0.39, 0.29) is 0 Å². The number of rotatable bonds is 1. The zero-order valence-corrected chi connectivity index (χ0v) is 14.8. The third-order valence-corrected chi connectivity index (χ3v) is 9.32. The molecular weight excluding hydrogens is 266 g/mol. The summed E-state index contributed by atoms with van der Waals surface area (Å²) in [5, 5.41) is 0. The van der Waals surface area contributed by atoms with Gasteiger partial charge in [0, 0.05) is 11.6 Å². The van der Waals surface area contributed by atoms with Crippen molar-refractivity contribution in [2.45, 2.75) is 96.1 Å². The number of nitrogens with zero attached hydrogens (tertiary/aromatic N) is 1. The van der Waals surface area contributed by atoms with Crippen LogP contribution in [-0.2, 0) is 0 Å². The first kappa shape index (κ1) is 14.3. The van der Waals surface area contributed by atoms with E-state index >= 15 is 0 Å². The minimum atomic E-state index is 0.583. The van der Waals surface area contributed by atoms with Gasteiger partial charge in [0.1, 0.15) is 0 Å². The molecule has 0 amide bonds. The molecule has 1 nitrogen and oxygen atoms in total. The lowest BCUT2D eigenvalue weighted by molar-refractivity contribution is -0.0808. The molecule has 0 aromatic heterocycles. The van der Waals surface area contributed by atoms with Gasteiger partial charge in [-0.1, -0.05) is 39.0 Å². The van der Waals surface area contributed by atoms with Crippen LogP contribution in [-0.4, -0.2) is 23.0 Å². The molecule has 2 saturated heterocycles. The Labute approximate surface area is 137 Å². The standard InChI is InChI=1S/C21H35N/c1-20-14-21(20,2)22-12-6-5-9-19(22)17-13-16(10-11-18(17)20)15-7-3-4-8-15/h15-19H,3-14H2,1-2H3. The normalized spacial score (nSPS) is 55.4. The van der Waals surface area contributed by atoms with Crippen LogP contribution >= 0.6 is 0 Å². The molecule has 6 atom stereocenters. The first-order valence-electron chi connectivity index (χ1n) is 10.4. The first-order chi connectivity index (χ1) is 10.6. The molecular formula is C21H35N. The van der Waals surface area contributed by atoms with Crippen LogP contribution in [0.3, 0.4) is 0 Å². The maximum Gasteiger partial charge on any atom is 0.0247 e. The summed E-state index contributed by atoms with van der Waals surface area (Å²) >= 11 is 0. The summed E-state index contributed by atoms with van der Waals surface area (Å²) in [6.07, 6.45) is 16.9. The maximum absolute atomic E-state index is 3.02. The molecule has 0 aromatic carbocycles. The third kappa shape index (κ3) is 1.75. The quantitative estimate of drug-likeness (QED) is 0.639. The summed E-state index contributed by atoms with van der Waals surface area (Å²) in [5.74, 6) is 4.33. The fraction of sp³-hybridized carbons (Fsp3) is 1.00. The largest absolute Gasteiger partial charge is 0.294 e. The Morgan fingerprint density at radius 1 is 0.818 bits per heavy atom. The van der Waals surface area contributed by atoms with Crippen LogP contribution in [0.2, 0.25) is 0 Å². The van der Waals surface area contributed by atoms with Crippen molar-refractivity contribution >= 4 is 0 Å². The van der Waals surface area contributed by atoms with E-state index in [1.807, 2.05) is 0 Å². The van der Waals surface area contributed by atoms with E-state index in [1.165, 1.54) is 45.1 Å². The van der Waals surface area contributed by atoms with Gasteiger partial charge in [0.05, 0.1) is 0 Å². The smallest absolute Gasteiger partial charge is 0.0247 e. The van der Waals surface area contributed by atoms with Crippen LogP contribution in [0.5, 0.6) is 0 Å². The van der Waals surface area contributed by atoms with Gasteiger partial charge in [-0.05, 0) is 81.1 Å². The Morgan fingerprint density at radius 3 is 2.41 bits per heavy atom. The van der Waals surface area contributed by atoms with Gasteiger partial charge >= 0.3 is 0 Å². The second kappa shape index (κ2) is 4.74. The Morgan fingerprint density at radius 2 is 1.59 bits per heavy atom. The molecule has 0 radical (unpaired) electrons. The minimum Gasteiger partial charge on any atom is -0.294 e. The van der Waals surface area contributed by atoms with Gasteiger partial charge in [-0.25, -0.2) is 0 Å².